The monoisotopic (exact) mass is 284 g/mol. The van der Waals surface area contributed by atoms with E-state index in [0.717, 1.165) is 5.56 Å². The van der Waals surface area contributed by atoms with Gasteiger partial charge in [-0.15, -0.1) is 0 Å². The summed E-state index contributed by atoms with van der Waals surface area (Å²) in [6, 6.07) is 16.7. The topological polar surface area (TPSA) is 52.9 Å². The summed E-state index contributed by atoms with van der Waals surface area (Å²) in [4.78, 5) is 11.8. The number of nitriles is 1. The SMILES string of the molecule is N#Cc1ccc(NC(=O)CCc2ccccc2)cc1Cl. The van der Waals surface area contributed by atoms with Gasteiger partial charge in [-0.05, 0) is 30.2 Å². The number of aryl methyl sites for hydroxylation is 1. The molecule has 0 saturated carbocycles. The van der Waals surface area contributed by atoms with Crippen LogP contribution in [0.2, 0.25) is 5.02 Å². The van der Waals surface area contributed by atoms with E-state index in [0.29, 0.717) is 29.1 Å². The van der Waals surface area contributed by atoms with E-state index >= 15 is 0 Å². The molecule has 1 amide bonds. The molecule has 0 bridgehead atoms. The van der Waals surface area contributed by atoms with Crippen LogP contribution in [0.25, 0.3) is 0 Å². The number of benzene rings is 2. The first-order valence-corrected chi connectivity index (χ1v) is 6.60. The highest BCUT2D eigenvalue weighted by atomic mass is 35.5. The predicted octanol–water partition coefficient (Wildman–Crippen LogP) is 3.78. The van der Waals surface area contributed by atoms with E-state index in [9.17, 15) is 4.79 Å². The minimum atomic E-state index is -0.0744. The summed E-state index contributed by atoms with van der Waals surface area (Å²) in [6.07, 6.45) is 1.10. The van der Waals surface area contributed by atoms with Crippen LogP contribution in [0.1, 0.15) is 17.5 Å². The Balaban J connectivity index is 1.92. The lowest BCUT2D eigenvalue weighted by molar-refractivity contribution is -0.116. The fourth-order valence-corrected chi connectivity index (χ4v) is 2.03. The quantitative estimate of drug-likeness (QED) is 0.929. The van der Waals surface area contributed by atoms with Crippen molar-refractivity contribution in [3.63, 3.8) is 0 Å². The molecule has 20 heavy (non-hydrogen) atoms. The maximum absolute atomic E-state index is 11.8. The number of carbonyl (C=O) groups is 1. The van der Waals surface area contributed by atoms with Crippen LogP contribution < -0.4 is 5.32 Å². The fraction of sp³-hybridized carbons (Fsp3) is 0.125. The zero-order valence-electron chi connectivity index (χ0n) is 10.8. The van der Waals surface area contributed by atoms with Gasteiger partial charge in [0, 0.05) is 12.1 Å². The Labute approximate surface area is 122 Å². The number of hydrogen-bond donors (Lipinski definition) is 1. The van der Waals surface area contributed by atoms with Crippen LogP contribution in [0.15, 0.2) is 48.5 Å². The molecule has 0 atom stereocenters. The smallest absolute Gasteiger partial charge is 0.224 e. The second kappa shape index (κ2) is 6.74. The van der Waals surface area contributed by atoms with Crippen molar-refractivity contribution < 1.29 is 4.79 Å². The summed E-state index contributed by atoms with van der Waals surface area (Å²) in [5.41, 5.74) is 2.13. The molecule has 0 fully saturated rings. The third kappa shape index (κ3) is 3.84. The summed E-state index contributed by atoms with van der Waals surface area (Å²) in [6.45, 7) is 0. The van der Waals surface area contributed by atoms with Crippen LogP contribution in [0.3, 0.4) is 0 Å². The Kier molecular flexibility index (Phi) is 4.75. The van der Waals surface area contributed by atoms with Gasteiger partial charge in [-0.25, -0.2) is 0 Å². The molecular weight excluding hydrogens is 272 g/mol. The van der Waals surface area contributed by atoms with Gasteiger partial charge in [0.15, 0.2) is 0 Å². The number of halogens is 1. The summed E-state index contributed by atoms with van der Waals surface area (Å²) in [5.74, 6) is -0.0744. The van der Waals surface area contributed by atoms with Crippen LogP contribution in [-0.4, -0.2) is 5.91 Å². The third-order valence-electron chi connectivity index (χ3n) is 2.86. The van der Waals surface area contributed by atoms with Gasteiger partial charge < -0.3 is 5.32 Å². The summed E-state index contributed by atoms with van der Waals surface area (Å²) in [5, 5.41) is 11.9. The molecule has 0 aliphatic heterocycles. The zero-order chi connectivity index (χ0) is 14.4. The largest absolute Gasteiger partial charge is 0.326 e. The zero-order valence-corrected chi connectivity index (χ0v) is 11.5. The first kappa shape index (κ1) is 14.1. The normalized spacial score (nSPS) is 9.80. The van der Waals surface area contributed by atoms with E-state index < -0.39 is 0 Å². The van der Waals surface area contributed by atoms with Gasteiger partial charge in [-0.1, -0.05) is 41.9 Å². The summed E-state index contributed by atoms with van der Waals surface area (Å²) in [7, 11) is 0. The maximum Gasteiger partial charge on any atom is 0.224 e. The lowest BCUT2D eigenvalue weighted by atomic mass is 10.1. The van der Waals surface area contributed by atoms with Crippen molar-refractivity contribution in [2.24, 2.45) is 0 Å². The fourth-order valence-electron chi connectivity index (χ4n) is 1.81. The maximum atomic E-state index is 11.8. The molecular formula is C16H13ClN2O. The first-order valence-electron chi connectivity index (χ1n) is 6.22. The molecule has 0 spiro atoms. The second-order valence-corrected chi connectivity index (χ2v) is 4.75. The second-order valence-electron chi connectivity index (χ2n) is 4.34. The minimum absolute atomic E-state index is 0.0744. The Morgan fingerprint density at radius 2 is 1.95 bits per heavy atom. The van der Waals surface area contributed by atoms with E-state index in [-0.39, 0.29) is 5.91 Å². The van der Waals surface area contributed by atoms with E-state index in [2.05, 4.69) is 5.32 Å². The average molecular weight is 285 g/mol. The molecule has 0 radical (unpaired) electrons. The van der Waals surface area contributed by atoms with E-state index in [4.69, 9.17) is 16.9 Å². The Hall–Kier alpha value is -2.31. The lowest BCUT2D eigenvalue weighted by Gasteiger charge is -2.06. The van der Waals surface area contributed by atoms with Crippen molar-refractivity contribution in [2.45, 2.75) is 12.8 Å². The molecule has 100 valence electrons. The minimum Gasteiger partial charge on any atom is -0.326 e. The van der Waals surface area contributed by atoms with Crippen molar-refractivity contribution in [1.82, 2.24) is 0 Å². The standard InChI is InChI=1S/C16H13ClN2O/c17-15-10-14(8-7-13(15)11-18)19-16(20)9-6-12-4-2-1-3-5-12/h1-5,7-8,10H,6,9H2,(H,19,20). The average Bonchev–Trinajstić information content (AvgIpc) is 2.46. The third-order valence-corrected chi connectivity index (χ3v) is 3.17. The number of anilines is 1. The summed E-state index contributed by atoms with van der Waals surface area (Å²) >= 11 is 5.91. The predicted molar refractivity (Wildman–Crippen MR) is 79.6 cm³/mol. The number of rotatable bonds is 4. The molecule has 0 aromatic heterocycles. The lowest BCUT2D eigenvalue weighted by Crippen LogP contribution is -2.12. The van der Waals surface area contributed by atoms with Crippen LogP contribution in [0.5, 0.6) is 0 Å². The molecule has 0 aliphatic rings. The van der Waals surface area contributed by atoms with Gasteiger partial charge in [0.2, 0.25) is 5.91 Å². The van der Waals surface area contributed by atoms with Gasteiger partial charge in [0.05, 0.1) is 10.6 Å². The highest BCUT2D eigenvalue weighted by molar-refractivity contribution is 6.32. The molecule has 0 unspecified atom stereocenters. The molecule has 2 aromatic carbocycles. The van der Waals surface area contributed by atoms with Crippen LogP contribution in [0, 0.1) is 11.3 Å². The van der Waals surface area contributed by atoms with Crippen molar-refractivity contribution >= 4 is 23.2 Å². The van der Waals surface area contributed by atoms with Crippen molar-refractivity contribution in [3.05, 3.63) is 64.7 Å². The number of amides is 1. The number of carbonyl (C=O) groups excluding carboxylic acids is 1. The molecule has 3 nitrogen and oxygen atoms in total. The van der Waals surface area contributed by atoms with E-state index in [1.54, 1.807) is 18.2 Å². The van der Waals surface area contributed by atoms with E-state index in [1.807, 2.05) is 36.4 Å². The van der Waals surface area contributed by atoms with Crippen molar-refractivity contribution in [2.75, 3.05) is 5.32 Å². The molecule has 4 heteroatoms. The molecule has 2 rings (SSSR count). The summed E-state index contributed by atoms with van der Waals surface area (Å²) < 4.78 is 0. The van der Waals surface area contributed by atoms with Crippen LogP contribution in [0.4, 0.5) is 5.69 Å². The Bertz CT molecular complexity index is 647. The molecule has 0 heterocycles. The Morgan fingerprint density at radius 3 is 2.60 bits per heavy atom. The van der Waals surface area contributed by atoms with Gasteiger partial charge >= 0.3 is 0 Å². The first-order chi connectivity index (χ1) is 9.69. The Morgan fingerprint density at radius 1 is 1.20 bits per heavy atom. The number of nitrogens with one attached hydrogen (secondary N) is 1. The molecule has 1 N–H and O–H groups in total. The van der Waals surface area contributed by atoms with Gasteiger partial charge in [0.1, 0.15) is 6.07 Å². The van der Waals surface area contributed by atoms with Crippen LogP contribution in [-0.2, 0) is 11.2 Å². The van der Waals surface area contributed by atoms with Crippen LogP contribution >= 0.6 is 11.6 Å². The molecule has 0 saturated heterocycles. The number of hydrogen-bond acceptors (Lipinski definition) is 2. The van der Waals surface area contributed by atoms with Gasteiger partial charge in [-0.2, -0.15) is 5.26 Å². The molecule has 0 aliphatic carbocycles. The highest BCUT2D eigenvalue weighted by Crippen LogP contribution is 2.20. The highest BCUT2D eigenvalue weighted by Gasteiger charge is 2.05. The number of nitrogens with zero attached hydrogens (tertiary/aromatic N) is 1. The van der Waals surface area contributed by atoms with Crippen molar-refractivity contribution in [1.29, 1.82) is 5.26 Å². The van der Waals surface area contributed by atoms with Gasteiger partial charge in [0.25, 0.3) is 0 Å². The molecule has 2 aromatic rings. The van der Waals surface area contributed by atoms with Gasteiger partial charge in [-0.3, -0.25) is 4.79 Å². The van der Waals surface area contributed by atoms with E-state index in [1.165, 1.54) is 0 Å². The van der Waals surface area contributed by atoms with Crippen molar-refractivity contribution in [3.8, 4) is 6.07 Å².